The summed E-state index contributed by atoms with van der Waals surface area (Å²) in [5.74, 6) is -1.07. The molecular formula is C30H45FN4O3. The number of anilines is 1. The fraction of sp³-hybridized carbons (Fsp3) is 0.433. The second-order valence-electron chi connectivity index (χ2n) is 8.54. The van der Waals surface area contributed by atoms with Gasteiger partial charge >= 0.3 is 0 Å². The molecule has 0 radical (unpaired) electrons. The van der Waals surface area contributed by atoms with Crippen LogP contribution in [0, 0.1) is 5.82 Å². The van der Waals surface area contributed by atoms with E-state index in [1.54, 1.807) is 18.3 Å². The van der Waals surface area contributed by atoms with Crippen molar-refractivity contribution in [2.45, 2.75) is 52.9 Å². The first-order valence-corrected chi connectivity index (χ1v) is 13.1. The average Bonchev–Trinajstić information content (AvgIpc) is 2.92. The maximum Gasteiger partial charge on any atom is 0.248 e. The zero-order valence-electron chi connectivity index (χ0n) is 23.5. The van der Waals surface area contributed by atoms with Gasteiger partial charge < -0.3 is 20.9 Å². The van der Waals surface area contributed by atoms with E-state index >= 15 is 0 Å². The zero-order valence-corrected chi connectivity index (χ0v) is 23.5. The van der Waals surface area contributed by atoms with Gasteiger partial charge in [0.1, 0.15) is 12.1 Å². The fourth-order valence-corrected chi connectivity index (χ4v) is 4.00. The molecule has 0 spiro atoms. The molecule has 210 valence electrons. The van der Waals surface area contributed by atoms with E-state index in [0.717, 1.165) is 57.6 Å². The van der Waals surface area contributed by atoms with Crippen molar-refractivity contribution in [1.82, 2.24) is 10.2 Å². The molecule has 0 unspecified atom stereocenters. The monoisotopic (exact) mass is 528 g/mol. The van der Waals surface area contributed by atoms with Crippen LogP contribution >= 0.6 is 0 Å². The Morgan fingerprint density at radius 1 is 1.11 bits per heavy atom. The number of aldehydes is 1. The summed E-state index contributed by atoms with van der Waals surface area (Å²) < 4.78 is 13.9. The molecule has 3 N–H and O–H groups in total. The van der Waals surface area contributed by atoms with Gasteiger partial charge in [0, 0.05) is 50.1 Å². The summed E-state index contributed by atoms with van der Waals surface area (Å²) in [5, 5.41) is 2.91. The van der Waals surface area contributed by atoms with Crippen molar-refractivity contribution in [3.63, 3.8) is 0 Å². The SMILES string of the molecule is C=C.CCCN(CCC)c1ccc(C(N)=O)cc1F.CN/C=C/C=C(\C(=C/C=O)C(C)=O)N1CCCCC1. The third-order valence-corrected chi connectivity index (χ3v) is 5.66. The van der Waals surface area contributed by atoms with Crippen molar-refractivity contribution in [2.75, 3.05) is 38.1 Å². The summed E-state index contributed by atoms with van der Waals surface area (Å²) in [5.41, 5.74) is 7.18. The molecule has 1 fully saturated rings. The van der Waals surface area contributed by atoms with Crippen LogP contribution in [-0.2, 0) is 9.59 Å². The number of carbonyl (C=O) groups is 3. The van der Waals surface area contributed by atoms with Gasteiger partial charge in [-0.2, -0.15) is 0 Å². The molecule has 0 aliphatic carbocycles. The topological polar surface area (TPSA) is 95.7 Å². The largest absolute Gasteiger partial charge is 0.394 e. The molecule has 7 nitrogen and oxygen atoms in total. The summed E-state index contributed by atoms with van der Waals surface area (Å²) in [6, 6.07) is 4.40. The first kappa shape index (κ1) is 34.3. The molecule has 0 atom stereocenters. The third-order valence-electron chi connectivity index (χ3n) is 5.66. The van der Waals surface area contributed by atoms with Gasteiger partial charge in [-0.1, -0.05) is 13.8 Å². The summed E-state index contributed by atoms with van der Waals surface area (Å²) in [6.45, 7) is 15.1. The smallest absolute Gasteiger partial charge is 0.248 e. The average molecular weight is 529 g/mol. The summed E-state index contributed by atoms with van der Waals surface area (Å²) in [4.78, 5) is 37.5. The molecule has 0 bridgehead atoms. The number of ketones is 1. The van der Waals surface area contributed by atoms with Crippen molar-refractivity contribution >= 4 is 23.7 Å². The van der Waals surface area contributed by atoms with Gasteiger partial charge in [-0.3, -0.25) is 14.4 Å². The van der Waals surface area contributed by atoms with Crippen molar-refractivity contribution in [1.29, 1.82) is 0 Å². The molecule has 1 aromatic rings. The Balaban J connectivity index is 0.000000680. The summed E-state index contributed by atoms with van der Waals surface area (Å²) in [7, 11) is 1.82. The maximum absolute atomic E-state index is 13.9. The van der Waals surface area contributed by atoms with Gasteiger partial charge in [0.15, 0.2) is 5.78 Å². The second kappa shape index (κ2) is 20.4. The van der Waals surface area contributed by atoms with Crippen molar-refractivity contribution < 1.29 is 18.8 Å². The molecule has 1 aliphatic heterocycles. The highest BCUT2D eigenvalue weighted by molar-refractivity contribution is 6.00. The number of hydrogen-bond acceptors (Lipinski definition) is 6. The van der Waals surface area contributed by atoms with Gasteiger partial charge in [-0.25, -0.2) is 4.39 Å². The van der Waals surface area contributed by atoms with Crippen LogP contribution in [0.25, 0.3) is 0 Å². The molecule has 0 aromatic heterocycles. The van der Waals surface area contributed by atoms with E-state index in [0.29, 0.717) is 17.5 Å². The minimum atomic E-state index is -0.604. The quantitative estimate of drug-likeness (QED) is 0.168. The summed E-state index contributed by atoms with van der Waals surface area (Å²) >= 11 is 0. The highest BCUT2D eigenvalue weighted by atomic mass is 19.1. The number of primary amides is 1. The second-order valence-corrected chi connectivity index (χ2v) is 8.54. The molecule has 2 rings (SSSR count). The number of halogens is 1. The van der Waals surface area contributed by atoms with Crippen LogP contribution in [0.5, 0.6) is 0 Å². The van der Waals surface area contributed by atoms with Gasteiger partial charge in [0.25, 0.3) is 0 Å². The number of hydrogen-bond donors (Lipinski definition) is 2. The highest BCUT2D eigenvalue weighted by Crippen LogP contribution is 2.22. The highest BCUT2D eigenvalue weighted by Gasteiger charge is 2.19. The molecule has 1 heterocycles. The number of nitrogens with zero attached hydrogens (tertiary/aromatic N) is 2. The van der Waals surface area contributed by atoms with Crippen LogP contribution in [0.15, 0.2) is 67.1 Å². The lowest BCUT2D eigenvalue weighted by molar-refractivity contribution is -0.114. The van der Waals surface area contributed by atoms with Crippen LogP contribution in [-0.4, -0.2) is 56.1 Å². The Labute approximate surface area is 227 Å². The molecule has 1 saturated heterocycles. The van der Waals surface area contributed by atoms with E-state index in [-0.39, 0.29) is 17.2 Å². The maximum atomic E-state index is 13.9. The molecule has 0 saturated carbocycles. The normalized spacial score (nSPS) is 13.6. The van der Waals surface area contributed by atoms with Gasteiger partial charge in [-0.15, -0.1) is 13.2 Å². The van der Waals surface area contributed by atoms with Gasteiger partial charge in [0.05, 0.1) is 5.69 Å². The van der Waals surface area contributed by atoms with Crippen LogP contribution in [0.1, 0.15) is 63.2 Å². The number of amides is 1. The number of rotatable bonds is 12. The number of nitrogens with one attached hydrogen (secondary N) is 1. The van der Waals surface area contributed by atoms with E-state index < -0.39 is 5.91 Å². The molecule has 38 heavy (non-hydrogen) atoms. The minimum Gasteiger partial charge on any atom is -0.394 e. The lowest BCUT2D eigenvalue weighted by atomic mass is 10.0. The van der Waals surface area contributed by atoms with Crippen LogP contribution < -0.4 is 16.0 Å². The fourth-order valence-electron chi connectivity index (χ4n) is 4.00. The number of carbonyl (C=O) groups excluding carboxylic acids is 3. The minimum absolute atomic E-state index is 0.0817. The molecule has 1 amide bonds. The first-order chi connectivity index (χ1) is 18.3. The molecule has 8 heteroatoms. The van der Waals surface area contributed by atoms with Crippen LogP contribution in [0.3, 0.4) is 0 Å². The number of likely N-dealkylation sites (tertiary alicyclic amines) is 1. The number of Topliss-reactive ketones (excluding diaryl/α,β-unsaturated/α-hetero) is 1. The van der Waals surface area contributed by atoms with E-state index in [2.05, 4.69) is 37.2 Å². The Bertz CT molecular complexity index is 960. The zero-order chi connectivity index (χ0) is 28.9. The van der Waals surface area contributed by atoms with E-state index in [9.17, 15) is 18.8 Å². The Morgan fingerprint density at radius 3 is 2.16 bits per heavy atom. The molecule has 1 aromatic carbocycles. The number of benzene rings is 1. The van der Waals surface area contributed by atoms with Crippen molar-refractivity contribution in [2.24, 2.45) is 5.73 Å². The number of allylic oxidation sites excluding steroid dienone is 4. The van der Waals surface area contributed by atoms with Gasteiger partial charge in [-0.05, 0) is 81.7 Å². The Kier molecular flexibility index (Phi) is 18.4. The van der Waals surface area contributed by atoms with E-state index in [1.807, 2.05) is 24.1 Å². The van der Waals surface area contributed by atoms with Crippen molar-refractivity contribution in [3.05, 3.63) is 78.4 Å². The lowest BCUT2D eigenvalue weighted by Crippen LogP contribution is -2.31. The van der Waals surface area contributed by atoms with E-state index in [4.69, 9.17) is 5.73 Å². The lowest BCUT2D eigenvalue weighted by Gasteiger charge is -2.31. The van der Waals surface area contributed by atoms with E-state index in [1.165, 1.54) is 25.5 Å². The van der Waals surface area contributed by atoms with Gasteiger partial charge in [0.2, 0.25) is 5.91 Å². The predicted octanol–water partition coefficient (Wildman–Crippen LogP) is 5.16. The number of piperidine rings is 1. The standard InChI is InChI=1S/C15H22N2O2.C13H19FN2O.C2H4/c1-13(19)14(8-12-18)15(7-6-9-16-2)17-10-4-3-5-11-17;1-3-7-16(8-4-2)12-6-5-10(13(15)17)9-11(12)14;1-2/h6-9,12,16H,3-5,10-11H2,1-2H3;5-6,9H,3-4,7-8H2,1-2H3,(H2,15,17);1-2H2/b9-6+,14-8-,15-7+;;. The Hall–Kier alpha value is -3.68. The van der Waals surface area contributed by atoms with Crippen LogP contribution in [0.2, 0.25) is 0 Å². The predicted molar refractivity (Wildman–Crippen MR) is 156 cm³/mol. The third kappa shape index (κ3) is 12.0. The molecular weight excluding hydrogens is 483 g/mol. The van der Waals surface area contributed by atoms with Crippen molar-refractivity contribution in [3.8, 4) is 0 Å². The number of nitrogens with two attached hydrogens (primary N) is 1. The molecule has 1 aliphatic rings. The Morgan fingerprint density at radius 2 is 1.71 bits per heavy atom. The van der Waals surface area contributed by atoms with Crippen LogP contribution in [0.4, 0.5) is 10.1 Å². The summed E-state index contributed by atoms with van der Waals surface area (Å²) in [6.07, 6.45) is 13.0. The first-order valence-electron chi connectivity index (χ1n) is 13.1.